The van der Waals surface area contributed by atoms with Crippen LogP contribution in [0, 0.1) is 11.7 Å². The van der Waals surface area contributed by atoms with Gasteiger partial charge in [0.1, 0.15) is 5.82 Å². The highest BCUT2D eigenvalue weighted by Crippen LogP contribution is 2.29. The number of piperidine rings is 2. The molecule has 0 aliphatic carbocycles. The summed E-state index contributed by atoms with van der Waals surface area (Å²) < 4.78 is 13.8. The van der Waals surface area contributed by atoms with Crippen LogP contribution in [0.2, 0.25) is 0 Å². The van der Waals surface area contributed by atoms with Crippen molar-refractivity contribution in [2.75, 3.05) is 25.0 Å². The molecule has 2 atom stereocenters. The Balaban J connectivity index is 1.74. The first kappa shape index (κ1) is 14.3. The first-order chi connectivity index (χ1) is 10.2. The number of nitrogens with one attached hydrogen (secondary N) is 2. The minimum atomic E-state index is -0.183. The molecule has 21 heavy (non-hydrogen) atoms. The molecule has 3 rings (SSSR count). The zero-order valence-electron chi connectivity index (χ0n) is 12.4. The summed E-state index contributed by atoms with van der Waals surface area (Å²) in [6.07, 6.45) is 2.49. The summed E-state index contributed by atoms with van der Waals surface area (Å²) in [5.41, 5.74) is 1.92. The molecule has 2 N–H and O–H groups in total. The average molecular weight is 291 g/mol. The Labute approximate surface area is 124 Å². The normalized spacial score (nSPS) is 25.4. The molecule has 1 aromatic rings. The van der Waals surface area contributed by atoms with Crippen LogP contribution in [0.25, 0.3) is 0 Å². The topological polar surface area (TPSA) is 44.4 Å². The smallest absolute Gasteiger partial charge is 0.220 e. The summed E-state index contributed by atoms with van der Waals surface area (Å²) in [4.78, 5) is 13.7. The van der Waals surface area contributed by atoms with Crippen molar-refractivity contribution in [2.45, 2.75) is 31.8 Å². The fourth-order valence-corrected chi connectivity index (χ4v) is 3.47. The largest absolute Gasteiger partial charge is 0.371 e. The number of hydrogen-bond acceptors (Lipinski definition) is 3. The van der Waals surface area contributed by atoms with Crippen molar-refractivity contribution in [1.82, 2.24) is 10.6 Å². The second kappa shape index (κ2) is 6.02. The standard InChI is InChI=1S/C16H22FN3O/c1-18-9-11-6-13(17)8-14(7-11)20-5-4-15-12(10-20)2-3-16(21)19-15/h6-8,12,15,18H,2-5,9-10H2,1H3,(H,19,21). The zero-order valence-corrected chi connectivity index (χ0v) is 12.4. The van der Waals surface area contributed by atoms with E-state index in [1.807, 2.05) is 7.05 Å². The molecule has 2 fully saturated rings. The van der Waals surface area contributed by atoms with Crippen LogP contribution in [0.4, 0.5) is 10.1 Å². The van der Waals surface area contributed by atoms with E-state index in [2.05, 4.69) is 21.6 Å². The molecule has 0 radical (unpaired) electrons. The average Bonchev–Trinajstić information content (AvgIpc) is 2.46. The predicted molar refractivity (Wildman–Crippen MR) is 80.6 cm³/mol. The van der Waals surface area contributed by atoms with E-state index >= 15 is 0 Å². The van der Waals surface area contributed by atoms with Gasteiger partial charge in [-0.2, -0.15) is 0 Å². The van der Waals surface area contributed by atoms with Crippen LogP contribution >= 0.6 is 0 Å². The van der Waals surface area contributed by atoms with E-state index in [0.29, 0.717) is 24.9 Å². The predicted octanol–water partition coefficient (Wildman–Crippen LogP) is 1.65. The number of fused-ring (bicyclic) bond motifs is 1. The SMILES string of the molecule is CNCc1cc(F)cc(N2CCC3NC(=O)CCC3C2)c1. The number of nitrogens with zero attached hydrogens (tertiary/aromatic N) is 1. The number of halogens is 1. The molecule has 2 aliphatic rings. The maximum Gasteiger partial charge on any atom is 0.220 e. The van der Waals surface area contributed by atoms with Gasteiger partial charge >= 0.3 is 0 Å². The molecule has 2 unspecified atom stereocenters. The van der Waals surface area contributed by atoms with Crippen LogP contribution < -0.4 is 15.5 Å². The van der Waals surface area contributed by atoms with Crippen LogP contribution in [-0.4, -0.2) is 32.1 Å². The lowest BCUT2D eigenvalue weighted by Gasteiger charge is -2.42. The fraction of sp³-hybridized carbons (Fsp3) is 0.562. The minimum absolute atomic E-state index is 0.173. The first-order valence-electron chi connectivity index (χ1n) is 7.64. The third kappa shape index (κ3) is 3.18. The molecule has 0 aromatic heterocycles. The molecule has 0 saturated carbocycles. The maximum atomic E-state index is 13.8. The Kier molecular flexibility index (Phi) is 4.10. The molecule has 4 nitrogen and oxygen atoms in total. The Morgan fingerprint density at radius 1 is 1.38 bits per heavy atom. The van der Waals surface area contributed by atoms with Crippen molar-refractivity contribution >= 4 is 11.6 Å². The summed E-state index contributed by atoms with van der Waals surface area (Å²) in [6.45, 7) is 2.43. The van der Waals surface area contributed by atoms with Gasteiger partial charge in [0.2, 0.25) is 5.91 Å². The van der Waals surface area contributed by atoms with Gasteiger partial charge in [0.05, 0.1) is 0 Å². The minimum Gasteiger partial charge on any atom is -0.371 e. The molecular weight excluding hydrogens is 269 g/mol. The highest BCUT2D eigenvalue weighted by Gasteiger charge is 2.33. The summed E-state index contributed by atoms with van der Waals surface area (Å²) in [7, 11) is 1.86. The zero-order chi connectivity index (χ0) is 14.8. The van der Waals surface area contributed by atoms with Crippen molar-refractivity contribution in [3.05, 3.63) is 29.6 Å². The highest BCUT2D eigenvalue weighted by molar-refractivity contribution is 5.77. The summed E-state index contributed by atoms with van der Waals surface area (Å²) >= 11 is 0. The van der Waals surface area contributed by atoms with Crippen LogP contribution in [0.1, 0.15) is 24.8 Å². The van der Waals surface area contributed by atoms with E-state index in [1.54, 1.807) is 12.1 Å². The molecular formula is C16H22FN3O. The number of hydrogen-bond donors (Lipinski definition) is 2. The van der Waals surface area contributed by atoms with Gasteiger partial charge in [-0.1, -0.05) is 0 Å². The first-order valence-corrected chi connectivity index (χ1v) is 7.64. The monoisotopic (exact) mass is 291 g/mol. The van der Waals surface area contributed by atoms with E-state index in [9.17, 15) is 9.18 Å². The quantitative estimate of drug-likeness (QED) is 0.890. The summed E-state index contributed by atoms with van der Waals surface area (Å²) in [5, 5.41) is 6.14. The molecule has 0 bridgehead atoms. The number of carbonyl (C=O) groups is 1. The van der Waals surface area contributed by atoms with E-state index in [4.69, 9.17) is 0 Å². The van der Waals surface area contributed by atoms with E-state index in [0.717, 1.165) is 37.2 Å². The van der Waals surface area contributed by atoms with Crippen molar-refractivity contribution in [3.63, 3.8) is 0 Å². The lowest BCUT2D eigenvalue weighted by molar-refractivity contribution is -0.124. The van der Waals surface area contributed by atoms with Gasteiger partial charge in [0.15, 0.2) is 0 Å². The number of carbonyl (C=O) groups excluding carboxylic acids is 1. The molecule has 5 heteroatoms. The molecule has 1 aromatic carbocycles. The fourth-order valence-electron chi connectivity index (χ4n) is 3.47. The number of rotatable bonds is 3. The second-order valence-electron chi connectivity index (χ2n) is 6.06. The van der Waals surface area contributed by atoms with Gasteiger partial charge in [-0.15, -0.1) is 0 Å². The van der Waals surface area contributed by atoms with Gasteiger partial charge < -0.3 is 15.5 Å². The third-order valence-corrected chi connectivity index (χ3v) is 4.51. The number of amides is 1. The lowest BCUT2D eigenvalue weighted by Crippen LogP contribution is -2.54. The number of benzene rings is 1. The van der Waals surface area contributed by atoms with E-state index in [-0.39, 0.29) is 11.7 Å². The van der Waals surface area contributed by atoms with Gasteiger partial charge in [-0.05, 0) is 49.6 Å². The van der Waals surface area contributed by atoms with Gasteiger partial charge in [0, 0.05) is 37.8 Å². The van der Waals surface area contributed by atoms with Gasteiger partial charge in [-0.25, -0.2) is 4.39 Å². The second-order valence-corrected chi connectivity index (χ2v) is 6.06. The van der Waals surface area contributed by atoms with Crippen LogP contribution in [0.3, 0.4) is 0 Å². The van der Waals surface area contributed by atoms with Crippen LogP contribution in [0.5, 0.6) is 0 Å². The van der Waals surface area contributed by atoms with Crippen molar-refractivity contribution in [3.8, 4) is 0 Å². The Hall–Kier alpha value is -1.62. The molecule has 2 aliphatic heterocycles. The molecule has 2 heterocycles. The summed E-state index contributed by atoms with van der Waals surface area (Å²) in [5.74, 6) is 0.469. The van der Waals surface area contributed by atoms with Gasteiger partial charge in [0.25, 0.3) is 0 Å². The summed E-state index contributed by atoms with van der Waals surface area (Å²) in [6, 6.07) is 5.54. The maximum absolute atomic E-state index is 13.8. The third-order valence-electron chi connectivity index (χ3n) is 4.51. The lowest BCUT2D eigenvalue weighted by atomic mass is 9.85. The molecule has 114 valence electrons. The van der Waals surface area contributed by atoms with E-state index < -0.39 is 0 Å². The van der Waals surface area contributed by atoms with Crippen molar-refractivity contribution in [1.29, 1.82) is 0 Å². The molecule has 2 saturated heterocycles. The Morgan fingerprint density at radius 3 is 3.05 bits per heavy atom. The highest BCUT2D eigenvalue weighted by atomic mass is 19.1. The molecule has 1 amide bonds. The number of anilines is 1. The Morgan fingerprint density at radius 2 is 2.24 bits per heavy atom. The van der Waals surface area contributed by atoms with Crippen LogP contribution in [0.15, 0.2) is 18.2 Å². The van der Waals surface area contributed by atoms with Crippen LogP contribution in [-0.2, 0) is 11.3 Å². The molecule has 0 spiro atoms. The van der Waals surface area contributed by atoms with E-state index in [1.165, 1.54) is 0 Å². The Bertz CT molecular complexity index is 534. The van der Waals surface area contributed by atoms with Gasteiger partial charge in [-0.3, -0.25) is 4.79 Å². The van der Waals surface area contributed by atoms with Crippen molar-refractivity contribution < 1.29 is 9.18 Å². The van der Waals surface area contributed by atoms with Crippen molar-refractivity contribution in [2.24, 2.45) is 5.92 Å².